The fourth-order valence-electron chi connectivity index (χ4n) is 0.313. The van der Waals surface area contributed by atoms with Crippen molar-refractivity contribution in [2.75, 3.05) is 0 Å². The zero-order valence-corrected chi connectivity index (χ0v) is 6.68. The Labute approximate surface area is 67.3 Å². The van der Waals surface area contributed by atoms with Crippen molar-refractivity contribution in [1.82, 2.24) is 4.98 Å². The molecule has 1 aromatic rings. The van der Waals surface area contributed by atoms with Crippen molar-refractivity contribution < 1.29 is 9.11 Å². The molecule has 0 fully saturated rings. The maximum atomic E-state index is 7.50. The second kappa shape index (κ2) is 8.77. The van der Waals surface area contributed by atoms with Crippen LogP contribution in [0.15, 0.2) is 30.6 Å². The molecule has 0 saturated heterocycles. The van der Waals surface area contributed by atoms with Gasteiger partial charge in [0.2, 0.25) is 0 Å². The Morgan fingerprint density at radius 1 is 0.900 bits per heavy atom. The van der Waals surface area contributed by atoms with Crippen LogP contribution < -0.4 is 0 Å². The maximum absolute atomic E-state index is 7.50. The second-order valence-corrected chi connectivity index (χ2v) is 2.37. The normalized spacial score (nSPS) is 7.80. The molecule has 0 radical (unpaired) electrons. The molecule has 2 N–H and O–H groups in total. The monoisotopic (exact) mass is 177 g/mol. The molecule has 0 aliphatic heterocycles. The summed E-state index contributed by atoms with van der Waals surface area (Å²) in [5, 5.41) is 0. The Morgan fingerprint density at radius 2 is 1.40 bits per heavy atom. The van der Waals surface area contributed by atoms with Gasteiger partial charge in [0.15, 0.2) is 0 Å². The summed E-state index contributed by atoms with van der Waals surface area (Å²) >= 11 is 0.657. The van der Waals surface area contributed by atoms with Crippen LogP contribution in [-0.4, -0.2) is 14.1 Å². The molecule has 0 aliphatic rings. The molecule has 0 saturated carbocycles. The van der Waals surface area contributed by atoms with E-state index in [-0.39, 0.29) is 0 Å². The lowest BCUT2D eigenvalue weighted by Crippen LogP contribution is -1.58. The van der Waals surface area contributed by atoms with Crippen LogP contribution >= 0.6 is 22.1 Å². The zero-order valence-electron chi connectivity index (χ0n) is 5.04. The van der Waals surface area contributed by atoms with Crippen LogP contribution in [0.3, 0.4) is 0 Å². The molecule has 56 valence electrons. The van der Waals surface area contributed by atoms with Crippen molar-refractivity contribution in [2.24, 2.45) is 0 Å². The zero-order chi connectivity index (χ0) is 7.66. The molecule has 5 heteroatoms. The smallest absolute Gasteiger partial charge is 0.0894 e. The van der Waals surface area contributed by atoms with Crippen LogP contribution in [-0.2, 0) is 0 Å². The highest BCUT2D eigenvalue weighted by molar-refractivity contribution is 8.72. The van der Waals surface area contributed by atoms with Crippen molar-refractivity contribution in [3.8, 4) is 0 Å². The summed E-state index contributed by atoms with van der Waals surface area (Å²) in [5.41, 5.74) is 0. The van der Waals surface area contributed by atoms with Gasteiger partial charge >= 0.3 is 0 Å². The van der Waals surface area contributed by atoms with Gasteiger partial charge in [-0.3, -0.25) is 4.98 Å². The molecule has 0 amide bonds. The van der Waals surface area contributed by atoms with Crippen molar-refractivity contribution in [2.45, 2.75) is 0 Å². The molecule has 3 nitrogen and oxygen atoms in total. The Bertz CT molecular complexity index is 110. The van der Waals surface area contributed by atoms with Crippen molar-refractivity contribution in [3.05, 3.63) is 30.6 Å². The number of hydrogen-bond donors (Lipinski definition) is 2. The van der Waals surface area contributed by atoms with Crippen molar-refractivity contribution in [3.63, 3.8) is 0 Å². The lowest BCUT2D eigenvalue weighted by atomic mass is 10.5. The van der Waals surface area contributed by atoms with Gasteiger partial charge in [-0.15, -0.1) is 0 Å². The van der Waals surface area contributed by atoms with E-state index in [4.69, 9.17) is 9.11 Å². The van der Waals surface area contributed by atoms with Gasteiger partial charge in [-0.25, -0.2) is 0 Å². The SMILES string of the molecule is OSSO.c1ccncc1. The minimum absolute atomic E-state index is 0.329. The summed E-state index contributed by atoms with van der Waals surface area (Å²) in [4.78, 5) is 3.78. The fraction of sp³-hybridized carbons (Fsp3) is 0. The molecule has 0 aliphatic carbocycles. The predicted molar refractivity (Wildman–Crippen MR) is 44.7 cm³/mol. The Balaban J connectivity index is 0.000000180. The Hall–Kier alpha value is -0.230. The molecule has 10 heavy (non-hydrogen) atoms. The first-order chi connectivity index (χ1) is 4.91. The first-order valence-corrected chi connectivity index (χ1v) is 4.45. The van der Waals surface area contributed by atoms with Crippen LogP contribution in [0.1, 0.15) is 0 Å². The first-order valence-electron chi connectivity index (χ1n) is 2.38. The maximum Gasteiger partial charge on any atom is 0.0894 e. The van der Waals surface area contributed by atoms with E-state index in [1.165, 1.54) is 0 Å². The number of hydrogen-bond acceptors (Lipinski definition) is 5. The number of aromatic nitrogens is 1. The van der Waals surface area contributed by atoms with Gasteiger partial charge < -0.3 is 9.11 Å². The van der Waals surface area contributed by atoms with Gasteiger partial charge in [0.05, 0.1) is 22.1 Å². The topological polar surface area (TPSA) is 53.4 Å². The van der Waals surface area contributed by atoms with E-state index >= 15 is 0 Å². The van der Waals surface area contributed by atoms with E-state index in [0.717, 1.165) is 0 Å². The van der Waals surface area contributed by atoms with Crippen LogP contribution in [0, 0.1) is 0 Å². The average Bonchev–Trinajstić information content (AvgIpc) is 2.08. The number of pyridine rings is 1. The second-order valence-electron chi connectivity index (χ2n) is 1.17. The van der Waals surface area contributed by atoms with E-state index in [1.807, 2.05) is 18.2 Å². The van der Waals surface area contributed by atoms with E-state index < -0.39 is 0 Å². The quantitative estimate of drug-likeness (QED) is 0.509. The molecule has 0 bridgehead atoms. The molecule has 1 rings (SSSR count). The Kier molecular flexibility index (Phi) is 8.57. The molecule has 1 aromatic heterocycles. The molecule has 0 aromatic carbocycles. The molecule has 0 unspecified atom stereocenters. The van der Waals surface area contributed by atoms with Gasteiger partial charge in [0.1, 0.15) is 0 Å². The van der Waals surface area contributed by atoms with Crippen LogP contribution in [0.4, 0.5) is 0 Å². The first kappa shape index (κ1) is 9.77. The average molecular weight is 177 g/mol. The third kappa shape index (κ3) is 7.77. The standard InChI is InChI=1S/C5H5N.H2O2S2/c1-2-4-6-5-3-1;1-3-4-2/h1-5H;1-2H. The highest BCUT2D eigenvalue weighted by Crippen LogP contribution is 2.07. The molecule has 0 atom stereocenters. The minimum Gasteiger partial charge on any atom is -0.319 e. The van der Waals surface area contributed by atoms with Gasteiger partial charge in [-0.05, 0) is 12.1 Å². The molecular weight excluding hydrogens is 170 g/mol. The van der Waals surface area contributed by atoms with Crippen LogP contribution in [0.2, 0.25) is 0 Å². The Morgan fingerprint density at radius 3 is 1.50 bits per heavy atom. The minimum atomic E-state index is 0.329. The largest absolute Gasteiger partial charge is 0.319 e. The third-order valence-corrected chi connectivity index (χ3v) is 0.866. The highest BCUT2D eigenvalue weighted by atomic mass is 33.1. The van der Waals surface area contributed by atoms with E-state index in [2.05, 4.69) is 4.98 Å². The summed E-state index contributed by atoms with van der Waals surface area (Å²) in [7, 11) is 0. The highest BCUT2D eigenvalue weighted by Gasteiger charge is 1.61. The summed E-state index contributed by atoms with van der Waals surface area (Å²) in [5.74, 6) is 0. The van der Waals surface area contributed by atoms with Gasteiger partial charge in [-0.2, -0.15) is 0 Å². The molecule has 1 heterocycles. The van der Waals surface area contributed by atoms with Gasteiger partial charge in [0, 0.05) is 12.4 Å². The summed E-state index contributed by atoms with van der Waals surface area (Å²) in [6.07, 6.45) is 3.50. The fourth-order valence-corrected chi connectivity index (χ4v) is 0.313. The van der Waals surface area contributed by atoms with Crippen LogP contribution in [0.5, 0.6) is 0 Å². The molecular formula is C5H7NO2S2. The predicted octanol–water partition coefficient (Wildman–Crippen LogP) is 2.40. The summed E-state index contributed by atoms with van der Waals surface area (Å²) in [6.45, 7) is 0. The van der Waals surface area contributed by atoms with E-state index in [0.29, 0.717) is 22.1 Å². The lowest BCUT2D eigenvalue weighted by molar-refractivity contribution is 0.655. The van der Waals surface area contributed by atoms with E-state index in [1.54, 1.807) is 12.4 Å². The van der Waals surface area contributed by atoms with Crippen molar-refractivity contribution in [1.29, 1.82) is 0 Å². The van der Waals surface area contributed by atoms with Crippen molar-refractivity contribution >= 4 is 22.1 Å². The lowest BCUT2D eigenvalue weighted by Gasteiger charge is -1.70. The number of rotatable bonds is 1. The van der Waals surface area contributed by atoms with E-state index in [9.17, 15) is 0 Å². The third-order valence-electron chi connectivity index (χ3n) is 0.600. The van der Waals surface area contributed by atoms with Gasteiger partial charge in [-0.1, -0.05) is 6.07 Å². The van der Waals surface area contributed by atoms with Crippen LogP contribution in [0.25, 0.3) is 0 Å². The van der Waals surface area contributed by atoms with Gasteiger partial charge in [0.25, 0.3) is 0 Å². The number of nitrogens with zero attached hydrogens (tertiary/aromatic N) is 1. The summed E-state index contributed by atoms with van der Waals surface area (Å²) < 4.78 is 15.0. The molecule has 0 spiro atoms. The summed E-state index contributed by atoms with van der Waals surface area (Å²) in [6, 6.07) is 5.72.